The van der Waals surface area contributed by atoms with Crippen LogP contribution in [0.5, 0.6) is 0 Å². The first-order chi connectivity index (χ1) is 14.8. The van der Waals surface area contributed by atoms with Crippen LogP contribution in [0.15, 0.2) is 28.9 Å². The van der Waals surface area contributed by atoms with Crippen LogP contribution in [-0.2, 0) is 9.84 Å². The highest BCUT2D eigenvalue weighted by Gasteiger charge is 2.33. The second-order valence-corrected chi connectivity index (χ2v) is 10.9. The van der Waals surface area contributed by atoms with E-state index in [1.807, 2.05) is 11.8 Å². The molecule has 0 aliphatic carbocycles. The first kappa shape index (κ1) is 20.2. The van der Waals surface area contributed by atoms with Gasteiger partial charge in [0, 0.05) is 12.6 Å². The number of amides is 1. The number of piperidine rings is 1. The zero-order chi connectivity index (χ0) is 21.8. The summed E-state index contributed by atoms with van der Waals surface area (Å²) >= 11 is 0. The van der Waals surface area contributed by atoms with Gasteiger partial charge in [0.15, 0.2) is 21.2 Å². The fourth-order valence-electron chi connectivity index (χ4n) is 4.81. The van der Waals surface area contributed by atoms with Gasteiger partial charge in [0.2, 0.25) is 0 Å². The average Bonchev–Trinajstić information content (AvgIpc) is 3.47. The maximum Gasteiger partial charge on any atom is 0.254 e. The Hall–Kier alpha value is -2.68. The van der Waals surface area contributed by atoms with Crippen molar-refractivity contribution in [2.45, 2.75) is 51.6 Å². The largest absolute Gasteiger partial charge is 0.463 e. The highest BCUT2D eigenvalue weighted by Crippen LogP contribution is 2.33. The van der Waals surface area contributed by atoms with Crippen LogP contribution in [0.25, 0.3) is 22.5 Å². The second-order valence-electron chi connectivity index (χ2n) is 8.66. The quantitative estimate of drug-likeness (QED) is 0.617. The highest BCUT2D eigenvalue weighted by molar-refractivity contribution is 7.91. The number of sulfone groups is 1. The molecule has 164 valence electrons. The lowest BCUT2D eigenvalue weighted by molar-refractivity contribution is 0.0637. The van der Waals surface area contributed by atoms with E-state index in [0.717, 1.165) is 25.8 Å². The SMILES string of the molecule is Cc1nn(C2CCS(=O)(=O)C2)c2nc(-c3ccco3)cc(C(=O)N3CCCCC3C)c12. The van der Waals surface area contributed by atoms with Crippen molar-refractivity contribution in [2.75, 3.05) is 18.1 Å². The molecule has 2 aliphatic heterocycles. The maximum atomic E-state index is 13.7. The van der Waals surface area contributed by atoms with Crippen molar-refractivity contribution in [1.82, 2.24) is 19.7 Å². The molecule has 0 radical (unpaired) electrons. The van der Waals surface area contributed by atoms with Gasteiger partial charge in [0.05, 0.1) is 40.5 Å². The Morgan fingerprint density at radius 1 is 1.26 bits per heavy atom. The van der Waals surface area contributed by atoms with Crippen molar-refractivity contribution in [3.63, 3.8) is 0 Å². The summed E-state index contributed by atoms with van der Waals surface area (Å²) in [5.41, 5.74) is 2.33. The summed E-state index contributed by atoms with van der Waals surface area (Å²) in [6.45, 7) is 4.67. The van der Waals surface area contributed by atoms with Crippen LogP contribution in [-0.4, -0.2) is 58.1 Å². The molecule has 2 aliphatic rings. The molecule has 0 spiro atoms. The molecule has 5 heterocycles. The summed E-state index contributed by atoms with van der Waals surface area (Å²) in [6.07, 6.45) is 5.18. The van der Waals surface area contributed by atoms with E-state index in [4.69, 9.17) is 9.40 Å². The van der Waals surface area contributed by atoms with Gasteiger partial charge in [-0.1, -0.05) is 0 Å². The van der Waals surface area contributed by atoms with E-state index in [1.165, 1.54) is 0 Å². The third kappa shape index (κ3) is 3.54. The van der Waals surface area contributed by atoms with Gasteiger partial charge in [0.1, 0.15) is 5.69 Å². The minimum Gasteiger partial charge on any atom is -0.463 e. The Bertz CT molecular complexity index is 1250. The molecule has 2 atom stereocenters. The molecule has 3 aromatic heterocycles. The molecular formula is C22H26N4O4S. The topological polar surface area (TPSA) is 98.3 Å². The van der Waals surface area contributed by atoms with Crippen molar-refractivity contribution in [1.29, 1.82) is 0 Å². The summed E-state index contributed by atoms with van der Waals surface area (Å²) < 4.78 is 31.5. The van der Waals surface area contributed by atoms with Crippen LogP contribution < -0.4 is 0 Å². The van der Waals surface area contributed by atoms with Crippen LogP contribution in [0.4, 0.5) is 0 Å². The summed E-state index contributed by atoms with van der Waals surface area (Å²) in [4.78, 5) is 20.4. The van der Waals surface area contributed by atoms with Crippen LogP contribution >= 0.6 is 0 Å². The number of rotatable bonds is 3. The number of pyridine rings is 1. The zero-order valence-electron chi connectivity index (χ0n) is 17.7. The molecular weight excluding hydrogens is 416 g/mol. The first-order valence-electron chi connectivity index (χ1n) is 10.8. The highest BCUT2D eigenvalue weighted by atomic mass is 32.2. The molecule has 3 aromatic rings. The number of hydrogen-bond donors (Lipinski definition) is 0. The van der Waals surface area contributed by atoms with Crippen molar-refractivity contribution < 1.29 is 17.6 Å². The van der Waals surface area contributed by atoms with Gasteiger partial charge in [-0.3, -0.25) is 4.79 Å². The number of carbonyl (C=O) groups is 1. The Balaban J connectivity index is 1.70. The van der Waals surface area contributed by atoms with Crippen molar-refractivity contribution in [2.24, 2.45) is 0 Å². The van der Waals surface area contributed by atoms with E-state index in [2.05, 4.69) is 12.0 Å². The minimum absolute atomic E-state index is 0.0332. The fraction of sp³-hybridized carbons (Fsp3) is 0.500. The van der Waals surface area contributed by atoms with E-state index in [0.29, 0.717) is 40.2 Å². The van der Waals surface area contributed by atoms with Gasteiger partial charge in [-0.2, -0.15) is 5.10 Å². The van der Waals surface area contributed by atoms with Gasteiger partial charge in [-0.15, -0.1) is 0 Å². The lowest BCUT2D eigenvalue weighted by Gasteiger charge is -2.33. The number of hydrogen-bond acceptors (Lipinski definition) is 6. The van der Waals surface area contributed by atoms with Crippen molar-refractivity contribution >= 4 is 26.8 Å². The predicted octanol–water partition coefficient (Wildman–Crippen LogP) is 3.37. The van der Waals surface area contributed by atoms with E-state index >= 15 is 0 Å². The molecule has 0 bridgehead atoms. The zero-order valence-corrected chi connectivity index (χ0v) is 18.6. The normalized spacial score (nSPS) is 23.5. The Kier molecular flexibility index (Phi) is 4.88. The summed E-state index contributed by atoms with van der Waals surface area (Å²) in [5.74, 6) is 0.719. The van der Waals surface area contributed by atoms with Gasteiger partial charge in [0.25, 0.3) is 5.91 Å². The summed E-state index contributed by atoms with van der Waals surface area (Å²) in [5, 5.41) is 5.35. The third-order valence-corrected chi connectivity index (χ3v) is 8.21. The van der Waals surface area contributed by atoms with Gasteiger partial charge in [-0.25, -0.2) is 18.1 Å². The number of carbonyl (C=O) groups excluding carboxylic acids is 1. The molecule has 31 heavy (non-hydrogen) atoms. The molecule has 9 heteroatoms. The van der Waals surface area contributed by atoms with Gasteiger partial charge >= 0.3 is 0 Å². The number of likely N-dealkylation sites (tertiary alicyclic amines) is 1. The molecule has 2 saturated heterocycles. The first-order valence-corrected chi connectivity index (χ1v) is 12.6. The molecule has 2 unspecified atom stereocenters. The van der Waals surface area contributed by atoms with E-state index in [-0.39, 0.29) is 29.5 Å². The Morgan fingerprint density at radius 2 is 2.10 bits per heavy atom. The molecule has 5 rings (SSSR count). The second kappa shape index (κ2) is 7.47. The molecule has 0 saturated carbocycles. The summed E-state index contributed by atoms with van der Waals surface area (Å²) in [7, 11) is -3.09. The molecule has 8 nitrogen and oxygen atoms in total. The third-order valence-electron chi connectivity index (χ3n) is 6.46. The minimum atomic E-state index is -3.09. The number of fused-ring (bicyclic) bond motifs is 1. The van der Waals surface area contributed by atoms with Crippen LogP contribution in [0.2, 0.25) is 0 Å². The number of furan rings is 1. The standard InChI is InChI=1S/C22H26N4O4S/c1-14-6-3-4-9-25(14)22(27)17-12-18(19-7-5-10-30-19)23-21-20(17)15(2)24-26(21)16-8-11-31(28,29)13-16/h5,7,10,12,14,16H,3-4,6,8-9,11,13H2,1-2H3. The number of aryl methyl sites for hydroxylation is 1. The lowest BCUT2D eigenvalue weighted by atomic mass is 10.0. The van der Waals surface area contributed by atoms with E-state index < -0.39 is 9.84 Å². The van der Waals surface area contributed by atoms with Gasteiger partial charge < -0.3 is 9.32 Å². The van der Waals surface area contributed by atoms with E-state index in [1.54, 1.807) is 29.1 Å². The average molecular weight is 443 g/mol. The lowest BCUT2D eigenvalue weighted by Crippen LogP contribution is -2.42. The smallest absolute Gasteiger partial charge is 0.254 e. The van der Waals surface area contributed by atoms with Crippen LogP contribution in [0.3, 0.4) is 0 Å². The molecule has 0 N–H and O–H groups in total. The Morgan fingerprint density at radius 3 is 2.77 bits per heavy atom. The van der Waals surface area contributed by atoms with E-state index in [9.17, 15) is 13.2 Å². The number of aromatic nitrogens is 3. The van der Waals surface area contributed by atoms with Crippen molar-refractivity contribution in [3.8, 4) is 11.5 Å². The van der Waals surface area contributed by atoms with Crippen molar-refractivity contribution in [3.05, 3.63) is 35.7 Å². The molecule has 1 amide bonds. The molecule has 0 aromatic carbocycles. The Labute approximate surface area is 181 Å². The fourth-order valence-corrected chi connectivity index (χ4v) is 6.50. The predicted molar refractivity (Wildman–Crippen MR) is 117 cm³/mol. The van der Waals surface area contributed by atoms with Crippen LogP contribution in [0, 0.1) is 6.92 Å². The maximum absolute atomic E-state index is 13.7. The van der Waals surface area contributed by atoms with Gasteiger partial charge in [-0.05, 0) is 57.7 Å². The molecule has 2 fully saturated rings. The monoisotopic (exact) mass is 442 g/mol. The number of nitrogens with zero attached hydrogens (tertiary/aromatic N) is 4. The van der Waals surface area contributed by atoms with Crippen LogP contribution in [0.1, 0.15) is 54.7 Å². The summed E-state index contributed by atoms with van der Waals surface area (Å²) in [6, 6.07) is 5.26.